The summed E-state index contributed by atoms with van der Waals surface area (Å²) in [5.41, 5.74) is 2.97. The number of nitrogens with zero attached hydrogens (tertiary/aromatic N) is 2. The Balaban J connectivity index is 1.78. The minimum atomic E-state index is -0.223. The van der Waals surface area contributed by atoms with Crippen molar-refractivity contribution in [2.45, 2.75) is 25.5 Å². The van der Waals surface area contributed by atoms with Crippen molar-refractivity contribution in [1.82, 2.24) is 4.57 Å². The molecule has 0 aliphatic carbocycles. The lowest BCUT2D eigenvalue weighted by atomic mass is 10.1. The third-order valence-electron chi connectivity index (χ3n) is 4.33. The van der Waals surface area contributed by atoms with Gasteiger partial charge in [0.05, 0.1) is 24.0 Å². The highest BCUT2D eigenvalue weighted by molar-refractivity contribution is 7.07. The first-order valence-corrected chi connectivity index (χ1v) is 9.33. The molecule has 0 bridgehead atoms. The van der Waals surface area contributed by atoms with Crippen LogP contribution in [0, 0.1) is 5.82 Å². The third-order valence-corrected chi connectivity index (χ3v) is 5.19. The summed E-state index contributed by atoms with van der Waals surface area (Å²) in [7, 11) is 0. The fourth-order valence-corrected chi connectivity index (χ4v) is 3.99. The van der Waals surface area contributed by atoms with Gasteiger partial charge < -0.3 is 9.30 Å². The van der Waals surface area contributed by atoms with Gasteiger partial charge in [0.15, 0.2) is 4.80 Å². The zero-order valence-electron chi connectivity index (χ0n) is 13.8. The third kappa shape index (κ3) is 3.72. The van der Waals surface area contributed by atoms with Gasteiger partial charge in [0.25, 0.3) is 0 Å². The molecule has 5 heteroatoms. The standard InChI is InChI=1S/C20H19FN2OS/c21-16-10-8-15(9-11-16)19-14-25-20(22-17-5-2-1-3-6-17)23(19)13-18-7-4-12-24-18/h1-3,5-6,8-11,14,18H,4,7,12-13H2. The molecule has 1 unspecified atom stereocenters. The lowest BCUT2D eigenvalue weighted by Gasteiger charge is -2.14. The molecule has 1 aromatic heterocycles. The minimum absolute atomic E-state index is 0.212. The zero-order valence-corrected chi connectivity index (χ0v) is 14.6. The van der Waals surface area contributed by atoms with Crippen LogP contribution >= 0.6 is 11.3 Å². The van der Waals surface area contributed by atoms with Crippen molar-refractivity contribution in [3.63, 3.8) is 0 Å². The van der Waals surface area contributed by atoms with Gasteiger partial charge in [-0.2, -0.15) is 0 Å². The number of aromatic nitrogens is 1. The van der Waals surface area contributed by atoms with Crippen molar-refractivity contribution >= 4 is 17.0 Å². The van der Waals surface area contributed by atoms with E-state index in [1.54, 1.807) is 11.3 Å². The van der Waals surface area contributed by atoms with E-state index >= 15 is 0 Å². The molecule has 2 aromatic carbocycles. The Kier molecular flexibility index (Phi) is 4.76. The maximum atomic E-state index is 13.3. The van der Waals surface area contributed by atoms with E-state index in [0.29, 0.717) is 0 Å². The smallest absolute Gasteiger partial charge is 0.190 e. The van der Waals surface area contributed by atoms with Crippen LogP contribution in [-0.2, 0) is 11.3 Å². The van der Waals surface area contributed by atoms with E-state index < -0.39 is 0 Å². The molecule has 128 valence electrons. The van der Waals surface area contributed by atoms with Gasteiger partial charge in [-0.05, 0) is 54.8 Å². The molecular weight excluding hydrogens is 335 g/mol. The largest absolute Gasteiger partial charge is 0.376 e. The first kappa shape index (κ1) is 16.2. The molecule has 25 heavy (non-hydrogen) atoms. The Morgan fingerprint density at radius 3 is 2.64 bits per heavy atom. The summed E-state index contributed by atoms with van der Waals surface area (Å²) in [6, 6.07) is 16.6. The molecule has 1 fully saturated rings. The van der Waals surface area contributed by atoms with Crippen molar-refractivity contribution in [2.75, 3.05) is 6.61 Å². The number of rotatable bonds is 4. The van der Waals surface area contributed by atoms with Crippen molar-refractivity contribution in [1.29, 1.82) is 0 Å². The summed E-state index contributed by atoms with van der Waals surface area (Å²) >= 11 is 1.60. The molecule has 0 saturated carbocycles. The van der Waals surface area contributed by atoms with Crippen LogP contribution in [0.3, 0.4) is 0 Å². The van der Waals surface area contributed by atoms with Gasteiger partial charge in [-0.25, -0.2) is 9.38 Å². The van der Waals surface area contributed by atoms with Gasteiger partial charge in [0.2, 0.25) is 0 Å². The topological polar surface area (TPSA) is 26.5 Å². The summed E-state index contributed by atoms with van der Waals surface area (Å²) in [5.74, 6) is -0.223. The molecule has 2 heterocycles. The second-order valence-corrected chi connectivity index (χ2v) is 6.94. The van der Waals surface area contributed by atoms with Crippen LogP contribution in [0.2, 0.25) is 0 Å². The summed E-state index contributed by atoms with van der Waals surface area (Å²) in [5, 5.41) is 2.09. The first-order chi connectivity index (χ1) is 12.3. The summed E-state index contributed by atoms with van der Waals surface area (Å²) in [4.78, 5) is 5.73. The molecule has 4 rings (SSSR count). The van der Waals surface area contributed by atoms with Crippen LogP contribution in [0.4, 0.5) is 10.1 Å². The van der Waals surface area contributed by atoms with E-state index in [-0.39, 0.29) is 11.9 Å². The molecule has 0 spiro atoms. The Morgan fingerprint density at radius 1 is 1.12 bits per heavy atom. The molecule has 3 nitrogen and oxygen atoms in total. The Bertz CT molecular complexity index is 893. The van der Waals surface area contributed by atoms with Gasteiger partial charge in [-0.3, -0.25) is 0 Å². The lowest BCUT2D eigenvalue weighted by molar-refractivity contribution is 0.0968. The molecule has 0 radical (unpaired) electrons. The number of benzene rings is 2. The van der Waals surface area contributed by atoms with Gasteiger partial charge in [-0.1, -0.05) is 18.2 Å². The lowest BCUT2D eigenvalue weighted by Crippen LogP contribution is -2.24. The minimum Gasteiger partial charge on any atom is -0.376 e. The van der Waals surface area contributed by atoms with Gasteiger partial charge >= 0.3 is 0 Å². The van der Waals surface area contributed by atoms with E-state index in [1.165, 1.54) is 12.1 Å². The normalized spacial score (nSPS) is 18.0. The molecule has 1 aliphatic heterocycles. The Hall–Kier alpha value is -2.24. The second kappa shape index (κ2) is 7.33. The maximum absolute atomic E-state index is 13.3. The quantitative estimate of drug-likeness (QED) is 0.663. The van der Waals surface area contributed by atoms with Crippen LogP contribution in [-0.4, -0.2) is 17.3 Å². The number of halogens is 1. The molecule has 0 N–H and O–H groups in total. The predicted octanol–water partition coefficient (Wildman–Crippen LogP) is 4.77. The van der Waals surface area contributed by atoms with Crippen LogP contribution in [0.5, 0.6) is 0 Å². The summed E-state index contributed by atoms with van der Waals surface area (Å²) < 4.78 is 21.3. The van der Waals surface area contributed by atoms with Crippen LogP contribution < -0.4 is 4.80 Å². The number of ether oxygens (including phenoxy) is 1. The van der Waals surface area contributed by atoms with Gasteiger partial charge in [0.1, 0.15) is 5.82 Å². The predicted molar refractivity (Wildman–Crippen MR) is 98.3 cm³/mol. The summed E-state index contributed by atoms with van der Waals surface area (Å²) in [6.45, 7) is 1.59. The van der Waals surface area contributed by atoms with Crippen LogP contribution in [0.1, 0.15) is 12.8 Å². The highest BCUT2D eigenvalue weighted by atomic mass is 32.1. The molecule has 1 aliphatic rings. The molecular formula is C20H19FN2OS. The van der Waals surface area contributed by atoms with Gasteiger partial charge in [-0.15, -0.1) is 11.3 Å². The second-order valence-electron chi connectivity index (χ2n) is 6.10. The number of hydrogen-bond donors (Lipinski definition) is 0. The van der Waals surface area contributed by atoms with Crippen molar-refractivity contribution in [2.24, 2.45) is 4.99 Å². The molecule has 0 amide bonds. The average molecular weight is 354 g/mol. The summed E-state index contributed by atoms with van der Waals surface area (Å²) in [6.07, 6.45) is 2.38. The van der Waals surface area contributed by atoms with Crippen molar-refractivity contribution < 1.29 is 9.13 Å². The SMILES string of the molecule is Fc1ccc(-c2csc(=Nc3ccccc3)n2CC2CCCO2)cc1. The zero-order chi connectivity index (χ0) is 17.1. The fourth-order valence-electron chi connectivity index (χ4n) is 3.05. The van der Waals surface area contributed by atoms with E-state index in [4.69, 9.17) is 9.73 Å². The number of hydrogen-bond acceptors (Lipinski definition) is 3. The van der Waals surface area contributed by atoms with Crippen molar-refractivity contribution in [3.8, 4) is 11.3 Å². The molecule has 1 saturated heterocycles. The van der Waals surface area contributed by atoms with E-state index in [1.807, 2.05) is 42.5 Å². The highest BCUT2D eigenvalue weighted by Gasteiger charge is 2.19. The average Bonchev–Trinajstić information content (AvgIpc) is 3.28. The fraction of sp³-hybridized carbons (Fsp3) is 0.250. The van der Waals surface area contributed by atoms with Crippen LogP contribution in [0.15, 0.2) is 65.0 Å². The van der Waals surface area contributed by atoms with Gasteiger partial charge in [0, 0.05) is 12.0 Å². The van der Waals surface area contributed by atoms with E-state index in [2.05, 4.69) is 9.95 Å². The monoisotopic (exact) mass is 354 g/mol. The first-order valence-electron chi connectivity index (χ1n) is 8.45. The number of thiazole rings is 1. The number of para-hydroxylation sites is 1. The maximum Gasteiger partial charge on any atom is 0.190 e. The highest BCUT2D eigenvalue weighted by Crippen LogP contribution is 2.23. The Labute approximate surface area is 150 Å². The molecule has 1 atom stereocenters. The van der Waals surface area contributed by atoms with Crippen molar-refractivity contribution in [3.05, 3.63) is 70.6 Å². The molecule has 3 aromatic rings. The van der Waals surface area contributed by atoms with E-state index in [9.17, 15) is 4.39 Å². The Morgan fingerprint density at radius 2 is 1.92 bits per heavy atom. The van der Waals surface area contributed by atoms with Crippen LogP contribution in [0.25, 0.3) is 11.3 Å². The van der Waals surface area contributed by atoms with E-state index in [0.717, 1.165) is 47.7 Å².